The number of hydrogen-bond donors (Lipinski definition) is 0. The molecule has 0 radical (unpaired) electrons. The van der Waals surface area contributed by atoms with Gasteiger partial charge in [0.05, 0.1) is 5.57 Å². The average Bonchev–Trinajstić information content (AvgIpc) is 3.05. The van der Waals surface area contributed by atoms with Crippen molar-refractivity contribution in [1.82, 2.24) is 10.2 Å². The van der Waals surface area contributed by atoms with Crippen molar-refractivity contribution in [2.45, 2.75) is 0 Å². The van der Waals surface area contributed by atoms with Crippen molar-refractivity contribution in [3.8, 4) is 17.2 Å². The zero-order valence-electron chi connectivity index (χ0n) is 11.2. The molecule has 4 nitrogen and oxygen atoms in total. The predicted octanol–water partition coefficient (Wildman–Crippen LogP) is 3.67. The van der Waals surface area contributed by atoms with Crippen LogP contribution in [0.3, 0.4) is 0 Å². The fourth-order valence-corrected chi connectivity index (χ4v) is 2.29. The van der Waals surface area contributed by atoms with Crippen molar-refractivity contribution in [2.24, 2.45) is 0 Å². The molecule has 0 aliphatic carbocycles. The highest BCUT2D eigenvalue weighted by Gasteiger charge is 2.17. The third-order valence-corrected chi connectivity index (χ3v) is 3.35. The molecule has 3 aromatic rings. The van der Waals surface area contributed by atoms with Gasteiger partial charge in [0, 0.05) is 11.1 Å². The highest BCUT2D eigenvalue weighted by molar-refractivity contribution is 5.82. The van der Waals surface area contributed by atoms with Crippen LogP contribution in [0, 0.1) is 0 Å². The van der Waals surface area contributed by atoms with Gasteiger partial charge in [-0.3, -0.25) is 0 Å². The Hall–Kier alpha value is -2.88. The molecule has 2 aromatic carbocycles. The Balaban J connectivity index is 1.70. The van der Waals surface area contributed by atoms with E-state index in [1.54, 1.807) is 0 Å². The fourth-order valence-electron chi connectivity index (χ4n) is 2.29. The molecule has 0 N–H and O–H groups in total. The molecule has 0 saturated heterocycles. The van der Waals surface area contributed by atoms with Crippen LogP contribution in [0.4, 0.5) is 0 Å². The van der Waals surface area contributed by atoms with E-state index in [1.165, 1.54) is 0 Å². The SMILES string of the molecule is C1=C(c2nnc(-c3ccccc3)o2)COc2ccccc21. The second-order valence-electron chi connectivity index (χ2n) is 4.77. The van der Waals surface area contributed by atoms with Crippen molar-refractivity contribution in [3.63, 3.8) is 0 Å². The summed E-state index contributed by atoms with van der Waals surface area (Å²) in [4.78, 5) is 0. The largest absolute Gasteiger partial charge is 0.488 e. The number of ether oxygens (including phenoxy) is 1. The zero-order chi connectivity index (χ0) is 14.1. The molecule has 1 aliphatic heterocycles. The predicted molar refractivity (Wildman–Crippen MR) is 79.5 cm³/mol. The monoisotopic (exact) mass is 276 g/mol. The Labute approximate surface area is 121 Å². The van der Waals surface area contributed by atoms with Gasteiger partial charge >= 0.3 is 0 Å². The van der Waals surface area contributed by atoms with Crippen LogP contribution in [0.15, 0.2) is 59.0 Å². The number of para-hydroxylation sites is 1. The van der Waals surface area contributed by atoms with E-state index in [0.29, 0.717) is 18.4 Å². The number of rotatable bonds is 2. The van der Waals surface area contributed by atoms with Crippen LogP contribution in [0.25, 0.3) is 23.1 Å². The molecule has 21 heavy (non-hydrogen) atoms. The molecule has 4 heteroatoms. The quantitative estimate of drug-likeness (QED) is 0.716. The molecule has 0 spiro atoms. The lowest BCUT2D eigenvalue weighted by atomic mass is 10.1. The average molecular weight is 276 g/mol. The van der Waals surface area contributed by atoms with Gasteiger partial charge in [0.1, 0.15) is 12.4 Å². The summed E-state index contributed by atoms with van der Waals surface area (Å²) in [6.45, 7) is 0.438. The van der Waals surface area contributed by atoms with Gasteiger partial charge < -0.3 is 9.15 Å². The summed E-state index contributed by atoms with van der Waals surface area (Å²) < 4.78 is 11.5. The first-order valence-electron chi connectivity index (χ1n) is 6.72. The van der Waals surface area contributed by atoms with Gasteiger partial charge in [-0.2, -0.15) is 0 Å². The van der Waals surface area contributed by atoms with Crippen LogP contribution >= 0.6 is 0 Å². The molecule has 0 atom stereocenters. The lowest BCUT2D eigenvalue weighted by molar-refractivity contribution is 0.361. The molecule has 0 unspecified atom stereocenters. The van der Waals surface area contributed by atoms with Gasteiger partial charge in [-0.1, -0.05) is 36.4 Å². The maximum absolute atomic E-state index is 5.75. The summed E-state index contributed by atoms with van der Waals surface area (Å²) in [5.74, 6) is 1.90. The zero-order valence-corrected chi connectivity index (χ0v) is 11.2. The lowest BCUT2D eigenvalue weighted by Crippen LogP contribution is -2.06. The number of benzene rings is 2. The maximum atomic E-state index is 5.75. The van der Waals surface area contributed by atoms with Gasteiger partial charge in [0.2, 0.25) is 11.8 Å². The molecule has 0 fully saturated rings. The second-order valence-corrected chi connectivity index (χ2v) is 4.77. The Morgan fingerprint density at radius 3 is 2.48 bits per heavy atom. The van der Waals surface area contributed by atoms with Gasteiger partial charge in [-0.25, -0.2) is 0 Å². The number of nitrogens with zero attached hydrogens (tertiary/aromatic N) is 2. The van der Waals surface area contributed by atoms with E-state index < -0.39 is 0 Å². The summed E-state index contributed by atoms with van der Waals surface area (Å²) in [5, 5.41) is 8.23. The first-order chi connectivity index (χ1) is 10.4. The van der Waals surface area contributed by atoms with Gasteiger partial charge in [0.15, 0.2) is 0 Å². The van der Waals surface area contributed by atoms with Crippen molar-refractivity contribution in [3.05, 3.63) is 66.1 Å². The molecule has 1 aromatic heterocycles. The molecule has 102 valence electrons. The number of fused-ring (bicyclic) bond motifs is 1. The number of aromatic nitrogens is 2. The van der Waals surface area contributed by atoms with Crippen molar-refractivity contribution in [2.75, 3.05) is 6.61 Å². The normalized spacial score (nSPS) is 13.2. The standard InChI is InChI=1S/C17H12N2O2/c1-2-6-12(7-3-1)16-18-19-17(21-16)14-10-13-8-4-5-9-15(13)20-11-14/h1-10H,11H2. The minimum absolute atomic E-state index is 0.438. The Bertz CT molecular complexity index is 806. The molecule has 0 saturated carbocycles. The Kier molecular flexibility index (Phi) is 2.78. The van der Waals surface area contributed by atoms with Crippen LogP contribution in [0.1, 0.15) is 11.5 Å². The Morgan fingerprint density at radius 1 is 0.810 bits per heavy atom. The molecule has 0 amide bonds. The second kappa shape index (κ2) is 4.90. The number of hydrogen-bond acceptors (Lipinski definition) is 4. The topological polar surface area (TPSA) is 48.2 Å². The summed E-state index contributed by atoms with van der Waals surface area (Å²) in [7, 11) is 0. The first-order valence-corrected chi connectivity index (χ1v) is 6.72. The van der Waals surface area contributed by atoms with Crippen molar-refractivity contribution >= 4 is 11.6 Å². The van der Waals surface area contributed by atoms with E-state index in [1.807, 2.05) is 60.7 Å². The molecular weight excluding hydrogens is 264 g/mol. The molecule has 0 bridgehead atoms. The minimum atomic E-state index is 0.438. The maximum Gasteiger partial charge on any atom is 0.248 e. The smallest absolute Gasteiger partial charge is 0.248 e. The molecule has 4 rings (SSSR count). The summed E-state index contributed by atoms with van der Waals surface area (Å²) in [5.41, 5.74) is 2.83. The van der Waals surface area contributed by atoms with Gasteiger partial charge in [-0.05, 0) is 24.3 Å². The van der Waals surface area contributed by atoms with E-state index in [4.69, 9.17) is 9.15 Å². The highest BCUT2D eigenvalue weighted by atomic mass is 16.5. The van der Waals surface area contributed by atoms with Crippen LogP contribution in [-0.2, 0) is 0 Å². The van der Waals surface area contributed by atoms with E-state index >= 15 is 0 Å². The Morgan fingerprint density at radius 2 is 1.57 bits per heavy atom. The summed E-state index contributed by atoms with van der Waals surface area (Å²) in [6, 6.07) is 17.6. The van der Waals surface area contributed by atoms with Crippen molar-refractivity contribution < 1.29 is 9.15 Å². The molecule has 1 aliphatic rings. The summed E-state index contributed by atoms with van der Waals surface area (Å²) in [6.07, 6.45) is 2.03. The van der Waals surface area contributed by atoms with E-state index in [0.717, 1.165) is 22.4 Å². The van der Waals surface area contributed by atoms with Crippen LogP contribution < -0.4 is 4.74 Å². The van der Waals surface area contributed by atoms with E-state index in [-0.39, 0.29) is 0 Å². The first kappa shape index (κ1) is 11.9. The van der Waals surface area contributed by atoms with Gasteiger partial charge in [-0.15, -0.1) is 10.2 Å². The fraction of sp³-hybridized carbons (Fsp3) is 0.0588. The van der Waals surface area contributed by atoms with Crippen LogP contribution in [-0.4, -0.2) is 16.8 Å². The van der Waals surface area contributed by atoms with Crippen LogP contribution in [0.2, 0.25) is 0 Å². The summed E-state index contributed by atoms with van der Waals surface area (Å²) >= 11 is 0. The molecule has 2 heterocycles. The minimum Gasteiger partial charge on any atom is -0.488 e. The van der Waals surface area contributed by atoms with E-state index in [2.05, 4.69) is 10.2 Å². The van der Waals surface area contributed by atoms with Gasteiger partial charge in [0.25, 0.3) is 0 Å². The third kappa shape index (κ3) is 2.21. The van der Waals surface area contributed by atoms with Crippen molar-refractivity contribution in [1.29, 1.82) is 0 Å². The molecular formula is C17H12N2O2. The third-order valence-electron chi connectivity index (χ3n) is 3.35. The lowest BCUT2D eigenvalue weighted by Gasteiger charge is -2.15. The highest BCUT2D eigenvalue weighted by Crippen LogP contribution is 2.30. The van der Waals surface area contributed by atoms with Crippen LogP contribution in [0.5, 0.6) is 5.75 Å². The van der Waals surface area contributed by atoms with E-state index in [9.17, 15) is 0 Å².